The topological polar surface area (TPSA) is 44.9 Å². The van der Waals surface area contributed by atoms with Gasteiger partial charge in [-0.25, -0.2) is 9.67 Å². The Labute approximate surface area is 179 Å². The van der Waals surface area contributed by atoms with Gasteiger partial charge in [-0.15, -0.1) is 11.8 Å². The molecule has 0 aliphatic rings. The Hall–Kier alpha value is -2.70. The van der Waals surface area contributed by atoms with Gasteiger partial charge in [0.2, 0.25) is 0 Å². The third-order valence-electron chi connectivity index (χ3n) is 4.60. The molecule has 0 saturated heterocycles. The molecule has 0 N–H and O–H groups in total. The summed E-state index contributed by atoms with van der Waals surface area (Å²) in [5.74, 6) is 0.821. The van der Waals surface area contributed by atoms with Gasteiger partial charge in [0.05, 0.1) is 24.3 Å². The molecule has 4 rings (SSSR count). The van der Waals surface area contributed by atoms with E-state index in [0.29, 0.717) is 11.6 Å². The minimum Gasteiger partial charge on any atom is -0.494 e. The van der Waals surface area contributed by atoms with E-state index in [9.17, 15) is 0 Å². The molecule has 0 spiro atoms. The van der Waals surface area contributed by atoms with Gasteiger partial charge in [-0.05, 0) is 49.9 Å². The van der Waals surface area contributed by atoms with Gasteiger partial charge in [-0.3, -0.25) is 0 Å². The number of imidazole rings is 1. The fraction of sp³-hybridized carbons (Fsp3) is 0.182. The largest absolute Gasteiger partial charge is 0.494 e. The van der Waals surface area contributed by atoms with Crippen molar-refractivity contribution < 1.29 is 4.74 Å². The lowest BCUT2D eigenvalue weighted by molar-refractivity contribution is 0.340. The van der Waals surface area contributed by atoms with Gasteiger partial charge in [-0.2, -0.15) is 5.10 Å². The lowest BCUT2D eigenvalue weighted by atomic mass is 10.1. The van der Waals surface area contributed by atoms with Gasteiger partial charge in [0.15, 0.2) is 0 Å². The lowest BCUT2D eigenvalue weighted by Gasteiger charge is -2.13. The summed E-state index contributed by atoms with van der Waals surface area (Å²) in [5.41, 5.74) is 4.86. The van der Waals surface area contributed by atoms with Crippen LogP contribution in [0.25, 0.3) is 22.6 Å². The zero-order valence-electron chi connectivity index (χ0n) is 16.5. The molecule has 2 aromatic heterocycles. The van der Waals surface area contributed by atoms with Crippen LogP contribution in [0.3, 0.4) is 0 Å². The molecule has 0 bridgehead atoms. The molecule has 2 heterocycles. The molecule has 4 aromatic rings. The first-order valence-corrected chi connectivity index (χ1v) is 10.9. The second-order valence-corrected chi connectivity index (χ2v) is 7.68. The fourth-order valence-corrected chi connectivity index (χ4v) is 3.94. The van der Waals surface area contributed by atoms with Crippen molar-refractivity contribution in [2.24, 2.45) is 0 Å². The molecule has 0 saturated carbocycles. The Morgan fingerprint density at radius 3 is 2.72 bits per heavy atom. The molecule has 0 fully saturated rings. The number of hydrogen-bond donors (Lipinski definition) is 0. The maximum absolute atomic E-state index is 6.43. The Kier molecular flexibility index (Phi) is 5.65. The van der Waals surface area contributed by atoms with E-state index in [0.717, 1.165) is 39.0 Å². The fourth-order valence-electron chi connectivity index (χ4n) is 3.21. The van der Waals surface area contributed by atoms with Crippen LogP contribution in [-0.2, 0) is 0 Å². The molecular formula is C22H21ClN4OS. The number of halogens is 1. The second-order valence-electron chi connectivity index (χ2n) is 6.48. The summed E-state index contributed by atoms with van der Waals surface area (Å²) in [7, 11) is 0. The summed E-state index contributed by atoms with van der Waals surface area (Å²) in [6.45, 7) is 4.58. The van der Waals surface area contributed by atoms with Crippen LogP contribution in [-0.4, -0.2) is 32.2 Å². The number of aromatic nitrogens is 4. The zero-order valence-corrected chi connectivity index (χ0v) is 18.0. The number of benzene rings is 2. The number of thioether (sulfide) groups is 1. The molecule has 0 unspecified atom stereocenters. The Bertz CT molecular complexity index is 1140. The Balaban J connectivity index is 2.01. The summed E-state index contributed by atoms with van der Waals surface area (Å²) < 4.78 is 9.67. The number of ether oxygens (including phenoxy) is 1. The van der Waals surface area contributed by atoms with Crippen LogP contribution in [0, 0.1) is 6.92 Å². The van der Waals surface area contributed by atoms with Crippen molar-refractivity contribution in [1.29, 1.82) is 0 Å². The van der Waals surface area contributed by atoms with E-state index in [2.05, 4.69) is 11.1 Å². The van der Waals surface area contributed by atoms with Gasteiger partial charge in [0.25, 0.3) is 0 Å². The Morgan fingerprint density at radius 2 is 2.03 bits per heavy atom. The summed E-state index contributed by atoms with van der Waals surface area (Å²) in [6, 6.07) is 14.1. The van der Waals surface area contributed by atoms with Crippen LogP contribution in [0.2, 0.25) is 5.02 Å². The standard InChI is InChI=1S/C22H21ClN4OS/c1-4-28-18-7-5-6-16(12-18)20-21(26-11-10-24-14-26)22(29-3)25-27(20)17-9-8-15(2)19(23)13-17/h5-14H,4H2,1-3H3. The van der Waals surface area contributed by atoms with Crippen LogP contribution in [0.4, 0.5) is 0 Å². The van der Waals surface area contributed by atoms with Crippen LogP contribution < -0.4 is 4.74 Å². The SMILES string of the molecule is CCOc1cccc(-c2c(-n3ccnc3)c(SC)nn2-c2ccc(C)c(Cl)c2)c1. The van der Waals surface area contributed by atoms with Crippen molar-refractivity contribution >= 4 is 23.4 Å². The van der Waals surface area contributed by atoms with Gasteiger partial charge in [0, 0.05) is 23.0 Å². The second kappa shape index (κ2) is 8.35. The van der Waals surface area contributed by atoms with Crippen molar-refractivity contribution in [2.45, 2.75) is 18.9 Å². The molecule has 0 amide bonds. The molecule has 0 aliphatic heterocycles. The summed E-state index contributed by atoms with van der Waals surface area (Å²) in [4.78, 5) is 4.23. The summed E-state index contributed by atoms with van der Waals surface area (Å²) >= 11 is 8.02. The summed E-state index contributed by atoms with van der Waals surface area (Å²) in [6.07, 6.45) is 7.51. The van der Waals surface area contributed by atoms with E-state index in [1.807, 2.05) is 71.9 Å². The smallest absolute Gasteiger partial charge is 0.143 e. The van der Waals surface area contributed by atoms with Crippen molar-refractivity contribution in [3.05, 3.63) is 71.8 Å². The van der Waals surface area contributed by atoms with Crippen LogP contribution in [0.5, 0.6) is 5.75 Å². The van der Waals surface area contributed by atoms with Crippen LogP contribution >= 0.6 is 23.4 Å². The van der Waals surface area contributed by atoms with E-state index in [1.54, 1.807) is 24.3 Å². The third-order valence-corrected chi connectivity index (χ3v) is 5.67. The first kappa shape index (κ1) is 19.6. The van der Waals surface area contributed by atoms with Crippen molar-refractivity contribution in [3.63, 3.8) is 0 Å². The van der Waals surface area contributed by atoms with E-state index < -0.39 is 0 Å². The number of aryl methyl sites for hydroxylation is 1. The highest BCUT2D eigenvalue weighted by Crippen LogP contribution is 2.37. The first-order valence-electron chi connectivity index (χ1n) is 9.27. The Morgan fingerprint density at radius 1 is 1.17 bits per heavy atom. The quantitative estimate of drug-likeness (QED) is 0.366. The predicted molar refractivity (Wildman–Crippen MR) is 119 cm³/mol. The predicted octanol–water partition coefficient (Wildman–Crippen LogP) is 5.81. The normalized spacial score (nSPS) is 11.0. The molecule has 29 heavy (non-hydrogen) atoms. The molecular weight excluding hydrogens is 404 g/mol. The molecule has 0 atom stereocenters. The van der Waals surface area contributed by atoms with E-state index >= 15 is 0 Å². The first-order chi connectivity index (χ1) is 14.1. The highest BCUT2D eigenvalue weighted by atomic mass is 35.5. The molecule has 148 valence electrons. The minimum atomic E-state index is 0.612. The number of hydrogen-bond acceptors (Lipinski definition) is 4. The lowest BCUT2D eigenvalue weighted by Crippen LogP contribution is -2.02. The molecule has 2 aromatic carbocycles. The average Bonchev–Trinajstić information content (AvgIpc) is 3.37. The highest BCUT2D eigenvalue weighted by Gasteiger charge is 2.22. The van der Waals surface area contributed by atoms with E-state index in [-0.39, 0.29) is 0 Å². The third kappa shape index (κ3) is 3.78. The van der Waals surface area contributed by atoms with Gasteiger partial charge in [-0.1, -0.05) is 29.8 Å². The average molecular weight is 425 g/mol. The maximum atomic E-state index is 6.43. The number of rotatable bonds is 6. The van der Waals surface area contributed by atoms with Crippen LogP contribution in [0.15, 0.2) is 66.2 Å². The van der Waals surface area contributed by atoms with Crippen molar-refractivity contribution in [1.82, 2.24) is 19.3 Å². The van der Waals surface area contributed by atoms with Gasteiger partial charge < -0.3 is 9.30 Å². The maximum Gasteiger partial charge on any atom is 0.143 e. The van der Waals surface area contributed by atoms with Crippen molar-refractivity contribution in [2.75, 3.05) is 12.9 Å². The number of nitrogens with zero attached hydrogens (tertiary/aromatic N) is 4. The highest BCUT2D eigenvalue weighted by molar-refractivity contribution is 7.98. The van der Waals surface area contributed by atoms with Gasteiger partial charge >= 0.3 is 0 Å². The van der Waals surface area contributed by atoms with Gasteiger partial charge in [0.1, 0.15) is 16.5 Å². The minimum absolute atomic E-state index is 0.612. The monoisotopic (exact) mass is 424 g/mol. The molecule has 7 heteroatoms. The molecule has 0 aliphatic carbocycles. The molecule has 0 radical (unpaired) electrons. The molecule has 5 nitrogen and oxygen atoms in total. The zero-order chi connectivity index (χ0) is 20.4. The van der Waals surface area contributed by atoms with Crippen LogP contribution in [0.1, 0.15) is 12.5 Å². The van der Waals surface area contributed by atoms with E-state index in [4.69, 9.17) is 21.4 Å². The summed E-state index contributed by atoms with van der Waals surface area (Å²) in [5, 5.41) is 6.52. The van der Waals surface area contributed by atoms with E-state index in [1.165, 1.54) is 0 Å². The van der Waals surface area contributed by atoms with Crippen molar-refractivity contribution in [3.8, 4) is 28.4 Å².